The zero-order chi connectivity index (χ0) is 20.9. The topological polar surface area (TPSA) is 93.2 Å². The molecule has 4 rings (SSSR count). The van der Waals surface area contributed by atoms with Gasteiger partial charge in [0, 0.05) is 23.7 Å². The standard InChI is InChI=1S/C20H22ClN5O3S/c1-2-16-19(30-25-24-16)20(27)26-8-10-29-18(12-26)17-11-14(22-23-17)7-9-28-15-5-3-13(21)4-6-15/h3-6,11,18H,2,7-10,12H2,1H3,(H,22,23). The number of carbonyl (C=O) groups excluding carboxylic acids is 1. The molecule has 1 aliphatic heterocycles. The number of halogens is 1. The number of rotatable bonds is 7. The average molecular weight is 448 g/mol. The monoisotopic (exact) mass is 447 g/mol. The Bertz CT molecular complexity index is 991. The minimum Gasteiger partial charge on any atom is -0.493 e. The summed E-state index contributed by atoms with van der Waals surface area (Å²) in [6.45, 7) is 3.94. The summed E-state index contributed by atoms with van der Waals surface area (Å²) in [5.41, 5.74) is 2.48. The molecule has 0 radical (unpaired) electrons. The van der Waals surface area contributed by atoms with Crippen LogP contribution in [-0.2, 0) is 17.6 Å². The van der Waals surface area contributed by atoms with Crippen LogP contribution >= 0.6 is 23.1 Å². The SMILES string of the molecule is CCc1nnsc1C(=O)N1CCOC(c2cc(CCOc3ccc(Cl)cc3)[nH]n2)C1. The highest BCUT2D eigenvalue weighted by atomic mass is 35.5. The highest BCUT2D eigenvalue weighted by Crippen LogP contribution is 2.24. The summed E-state index contributed by atoms with van der Waals surface area (Å²) in [5.74, 6) is 0.732. The van der Waals surface area contributed by atoms with E-state index in [1.54, 1.807) is 17.0 Å². The van der Waals surface area contributed by atoms with Crippen LogP contribution in [0.15, 0.2) is 30.3 Å². The molecule has 8 nitrogen and oxygen atoms in total. The molecule has 1 aliphatic rings. The van der Waals surface area contributed by atoms with Crippen molar-refractivity contribution in [1.82, 2.24) is 24.7 Å². The van der Waals surface area contributed by atoms with Crippen LogP contribution in [-0.4, -0.2) is 56.9 Å². The molecule has 3 heterocycles. The second-order valence-electron chi connectivity index (χ2n) is 6.88. The van der Waals surface area contributed by atoms with Gasteiger partial charge in [-0.2, -0.15) is 5.10 Å². The summed E-state index contributed by atoms with van der Waals surface area (Å²) in [6.07, 6.45) is 1.10. The van der Waals surface area contributed by atoms with Crippen LogP contribution in [0.4, 0.5) is 0 Å². The Kier molecular flexibility index (Phi) is 6.61. The van der Waals surface area contributed by atoms with Crippen molar-refractivity contribution >= 4 is 29.0 Å². The number of H-pyrrole nitrogens is 1. The van der Waals surface area contributed by atoms with Gasteiger partial charge < -0.3 is 14.4 Å². The lowest BCUT2D eigenvalue weighted by molar-refractivity contribution is -0.0246. The number of nitrogens with one attached hydrogen (secondary N) is 1. The van der Waals surface area contributed by atoms with Crippen molar-refractivity contribution in [3.05, 3.63) is 57.3 Å². The van der Waals surface area contributed by atoms with Crippen molar-refractivity contribution in [3.8, 4) is 5.75 Å². The van der Waals surface area contributed by atoms with Gasteiger partial charge in [-0.05, 0) is 48.3 Å². The second kappa shape index (κ2) is 9.55. The van der Waals surface area contributed by atoms with Crippen LogP contribution in [0.3, 0.4) is 0 Å². The Hall–Kier alpha value is -2.49. The van der Waals surface area contributed by atoms with Gasteiger partial charge in [-0.3, -0.25) is 9.89 Å². The van der Waals surface area contributed by atoms with E-state index < -0.39 is 0 Å². The quantitative estimate of drug-likeness (QED) is 0.597. The molecular formula is C20H22ClN5O3S. The normalized spacial score (nSPS) is 16.6. The molecule has 10 heteroatoms. The minimum absolute atomic E-state index is 0.0396. The van der Waals surface area contributed by atoms with Crippen LogP contribution in [0.1, 0.15) is 39.8 Å². The maximum atomic E-state index is 12.9. The van der Waals surface area contributed by atoms with Crippen LogP contribution in [0, 0.1) is 0 Å². The maximum Gasteiger partial charge on any atom is 0.267 e. The second-order valence-corrected chi connectivity index (χ2v) is 8.07. The fourth-order valence-electron chi connectivity index (χ4n) is 3.24. The van der Waals surface area contributed by atoms with Gasteiger partial charge in [0.25, 0.3) is 5.91 Å². The van der Waals surface area contributed by atoms with Gasteiger partial charge >= 0.3 is 0 Å². The number of aromatic amines is 1. The number of morpholine rings is 1. The van der Waals surface area contributed by atoms with E-state index in [1.807, 2.05) is 25.1 Å². The van der Waals surface area contributed by atoms with E-state index in [-0.39, 0.29) is 12.0 Å². The molecule has 0 spiro atoms. The first kappa shape index (κ1) is 20.8. The number of nitrogens with zero attached hydrogens (tertiary/aromatic N) is 4. The summed E-state index contributed by atoms with van der Waals surface area (Å²) >= 11 is 7.03. The van der Waals surface area contributed by atoms with E-state index in [0.29, 0.717) is 49.0 Å². The van der Waals surface area contributed by atoms with Crippen molar-refractivity contribution in [3.63, 3.8) is 0 Å². The zero-order valence-corrected chi connectivity index (χ0v) is 18.1. The number of aromatic nitrogens is 4. The van der Waals surface area contributed by atoms with Crippen LogP contribution in [0.2, 0.25) is 5.02 Å². The third-order valence-corrected chi connectivity index (χ3v) is 5.88. The summed E-state index contributed by atoms with van der Waals surface area (Å²) in [7, 11) is 0. The van der Waals surface area contributed by atoms with Crippen LogP contribution in [0.5, 0.6) is 5.75 Å². The number of hydrogen-bond acceptors (Lipinski definition) is 7. The lowest BCUT2D eigenvalue weighted by Crippen LogP contribution is -2.42. The lowest BCUT2D eigenvalue weighted by atomic mass is 10.1. The molecule has 1 saturated heterocycles. The Morgan fingerprint density at radius 1 is 1.40 bits per heavy atom. The van der Waals surface area contributed by atoms with E-state index in [0.717, 1.165) is 34.4 Å². The summed E-state index contributed by atoms with van der Waals surface area (Å²) in [5, 5.41) is 12.1. The van der Waals surface area contributed by atoms with Crippen molar-refractivity contribution in [1.29, 1.82) is 0 Å². The number of hydrogen-bond donors (Lipinski definition) is 1. The van der Waals surface area contributed by atoms with Crippen LogP contribution < -0.4 is 4.74 Å². The third kappa shape index (κ3) is 4.80. The van der Waals surface area contributed by atoms with Gasteiger partial charge in [-0.1, -0.05) is 23.0 Å². The molecular weight excluding hydrogens is 426 g/mol. The van der Waals surface area contributed by atoms with Crippen molar-refractivity contribution in [2.45, 2.75) is 25.9 Å². The number of amides is 1. The molecule has 0 bridgehead atoms. The smallest absolute Gasteiger partial charge is 0.267 e. The molecule has 1 fully saturated rings. The van der Waals surface area contributed by atoms with E-state index in [2.05, 4.69) is 19.8 Å². The molecule has 1 aromatic carbocycles. The Morgan fingerprint density at radius 3 is 3.03 bits per heavy atom. The van der Waals surface area contributed by atoms with Crippen LogP contribution in [0.25, 0.3) is 0 Å². The van der Waals surface area contributed by atoms with E-state index in [9.17, 15) is 4.79 Å². The predicted molar refractivity (Wildman–Crippen MR) is 113 cm³/mol. The third-order valence-electron chi connectivity index (χ3n) is 4.87. The summed E-state index contributed by atoms with van der Waals surface area (Å²) in [4.78, 5) is 15.3. The highest BCUT2D eigenvalue weighted by Gasteiger charge is 2.29. The summed E-state index contributed by atoms with van der Waals surface area (Å²) in [6, 6.07) is 9.24. The van der Waals surface area contributed by atoms with E-state index >= 15 is 0 Å². The van der Waals surface area contributed by atoms with Gasteiger partial charge in [-0.25, -0.2) is 0 Å². The first-order valence-electron chi connectivity index (χ1n) is 9.78. The van der Waals surface area contributed by atoms with Gasteiger partial charge in [0.15, 0.2) is 0 Å². The van der Waals surface area contributed by atoms with Gasteiger partial charge in [-0.15, -0.1) is 5.10 Å². The maximum absolute atomic E-state index is 12.9. The molecule has 0 aliphatic carbocycles. The molecule has 30 heavy (non-hydrogen) atoms. The van der Waals surface area contributed by atoms with E-state index in [4.69, 9.17) is 21.1 Å². The van der Waals surface area contributed by atoms with Gasteiger partial charge in [0.2, 0.25) is 0 Å². The lowest BCUT2D eigenvalue weighted by Gasteiger charge is -2.31. The fraction of sp³-hybridized carbons (Fsp3) is 0.400. The Morgan fingerprint density at radius 2 is 2.23 bits per heavy atom. The Labute approximate surface area is 183 Å². The number of benzene rings is 1. The fourth-order valence-corrected chi connectivity index (χ4v) is 4.09. The molecule has 2 aromatic heterocycles. The molecule has 1 unspecified atom stereocenters. The molecule has 1 amide bonds. The van der Waals surface area contributed by atoms with Gasteiger partial charge in [0.1, 0.15) is 16.7 Å². The number of ether oxygens (including phenoxy) is 2. The van der Waals surface area contributed by atoms with Crippen molar-refractivity contribution in [2.75, 3.05) is 26.3 Å². The largest absolute Gasteiger partial charge is 0.493 e. The highest BCUT2D eigenvalue weighted by molar-refractivity contribution is 7.08. The van der Waals surface area contributed by atoms with Gasteiger partial charge in [0.05, 0.1) is 31.1 Å². The molecule has 0 saturated carbocycles. The predicted octanol–water partition coefficient (Wildman–Crippen LogP) is 3.31. The minimum atomic E-state index is -0.268. The first-order valence-corrected chi connectivity index (χ1v) is 10.9. The van der Waals surface area contributed by atoms with E-state index in [1.165, 1.54) is 0 Å². The molecule has 3 aromatic rings. The molecule has 158 valence electrons. The summed E-state index contributed by atoms with van der Waals surface area (Å²) < 4.78 is 15.5. The number of carbonyl (C=O) groups is 1. The zero-order valence-electron chi connectivity index (χ0n) is 16.5. The van der Waals surface area contributed by atoms with Crippen molar-refractivity contribution < 1.29 is 14.3 Å². The molecule has 1 N–H and O–H groups in total. The molecule has 1 atom stereocenters. The number of aryl methyl sites for hydroxylation is 1. The first-order chi connectivity index (χ1) is 14.6. The average Bonchev–Trinajstić information content (AvgIpc) is 3.44. The van der Waals surface area contributed by atoms with Crippen molar-refractivity contribution in [2.24, 2.45) is 0 Å². The Balaban J connectivity index is 1.33.